The lowest BCUT2D eigenvalue weighted by molar-refractivity contribution is -0.109. The number of nitriles is 1. The van der Waals surface area contributed by atoms with Gasteiger partial charge in [0.1, 0.15) is 6.29 Å². The fourth-order valence-electron chi connectivity index (χ4n) is 2.96. The van der Waals surface area contributed by atoms with E-state index in [1.165, 1.54) is 0 Å². The van der Waals surface area contributed by atoms with Crippen LogP contribution < -0.4 is 0 Å². The summed E-state index contributed by atoms with van der Waals surface area (Å²) in [6.07, 6.45) is 5.80. The van der Waals surface area contributed by atoms with Crippen LogP contribution in [-0.4, -0.2) is 110 Å². The molecule has 1 aliphatic rings. The zero-order valence-corrected chi connectivity index (χ0v) is 16.4. The number of carbonyl (C=O) groups is 1. The Morgan fingerprint density at radius 2 is 1.33 bits per heavy atom. The molecular formula is C17H34N5OP. The molecule has 0 aromatic carbocycles. The third kappa shape index (κ3) is 8.41. The van der Waals surface area contributed by atoms with Gasteiger partial charge in [0.25, 0.3) is 0 Å². The maximum Gasteiger partial charge on any atom is 0.133 e. The minimum Gasteiger partial charge on any atom is -0.302 e. The first-order valence-corrected chi connectivity index (χ1v) is 10.9. The second kappa shape index (κ2) is 12.6. The van der Waals surface area contributed by atoms with Crippen LogP contribution in [0.2, 0.25) is 0 Å². The fraction of sp³-hybridized carbons (Fsp3) is 0.824. The van der Waals surface area contributed by atoms with Crippen molar-refractivity contribution in [3.8, 4) is 5.81 Å². The van der Waals surface area contributed by atoms with Gasteiger partial charge in [0.2, 0.25) is 0 Å². The normalized spacial score (nSPS) is 22.2. The maximum atomic E-state index is 11.0. The van der Waals surface area contributed by atoms with Crippen molar-refractivity contribution < 1.29 is 4.79 Å². The van der Waals surface area contributed by atoms with E-state index in [9.17, 15) is 4.79 Å². The first-order chi connectivity index (χ1) is 11.6. The lowest BCUT2D eigenvalue weighted by Crippen LogP contribution is -2.46. The predicted molar refractivity (Wildman–Crippen MR) is 104 cm³/mol. The third-order valence-corrected chi connectivity index (χ3v) is 5.87. The zero-order valence-electron chi connectivity index (χ0n) is 15.4. The van der Waals surface area contributed by atoms with Crippen LogP contribution in [0.4, 0.5) is 0 Å². The molecular weight excluding hydrogens is 321 g/mol. The highest BCUT2D eigenvalue weighted by atomic mass is 31.1. The van der Waals surface area contributed by atoms with Gasteiger partial charge in [-0.3, -0.25) is 9.80 Å². The minimum atomic E-state index is -1.19. The van der Waals surface area contributed by atoms with Crippen molar-refractivity contribution in [1.82, 2.24) is 19.6 Å². The fourth-order valence-corrected chi connectivity index (χ4v) is 3.89. The summed E-state index contributed by atoms with van der Waals surface area (Å²) in [5.74, 6) is 2.33. The van der Waals surface area contributed by atoms with Crippen LogP contribution in [0.25, 0.3) is 0 Å². The number of aldehydes is 1. The van der Waals surface area contributed by atoms with Crippen LogP contribution in [0.15, 0.2) is 0 Å². The van der Waals surface area contributed by atoms with Crippen molar-refractivity contribution in [3.63, 3.8) is 0 Å². The highest BCUT2D eigenvalue weighted by Crippen LogP contribution is 2.18. The van der Waals surface area contributed by atoms with Crippen LogP contribution >= 0.6 is 7.55 Å². The summed E-state index contributed by atoms with van der Waals surface area (Å²) in [5.41, 5.74) is 0. The Hall–Kier alpha value is -0.700. The van der Waals surface area contributed by atoms with Gasteiger partial charge in [-0.05, 0) is 20.6 Å². The van der Waals surface area contributed by atoms with Crippen LogP contribution in [0, 0.1) is 11.1 Å². The van der Waals surface area contributed by atoms with Crippen LogP contribution in [-0.2, 0) is 4.79 Å². The molecule has 0 aromatic heterocycles. The number of hydrogen-bond acceptors (Lipinski definition) is 6. The van der Waals surface area contributed by atoms with E-state index < -0.39 is 7.55 Å². The highest BCUT2D eigenvalue weighted by molar-refractivity contribution is 7.60. The maximum absolute atomic E-state index is 11.0. The van der Waals surface area contributed by atoms with Gasteiger partial charge in [0.15, 0.2) is 0 Å². The van der Waals surface area contributed by atoms with Crippen molar-refractivity contribution in [3.05, 3.63) is 0 Å². The van der Waals surface area contributed by atoms with Gasteiger partial charge in [-0.15, -0.1) is 0 Å². The van der Waals surface area contributed by atoms with E-state index in [1.807, 2.05) is 0 Å². The van der Waals surface area contributed by atoms with Gasteiger partial charge in [-0.25, -0.2) is 0 Å². The summed E-state index contributed by atoms with van der Waals surface area (Å²) in [4.78, 5) is 20.5. The smallest absolute Gasteiger partial charge is 0.133 e. The van der Waals surface area contributed by atoms with Gasteiger partial charge >= 0.3 is 0 Å². The Balaban J connectivity index is 2.74. The molecule has 0 aliphatic carbocycles. The Kier molecular flexibility index (Phi) is 11.2. The molecule has 1 rings (SSSR count). The summed E-state index contributed by atoms with van der Waals surface area (Å²) in [5, 5.41) is 9.10. The SMILES string of the molecule is C=[PH](C#N)CN1CCN(CC)CCN(CC)CCN(CC=O)CC1. The second-order valence-electron chi connectivity index (χ2n) is 6.33. The number of hydrogen-bond donors (Lipinski definition) is 0. The number of carbonyl (C=O) groups excluding carboxylic acids is 1. The molecule has 1 aliphatic heterocycles. The molecule has 0 saturated carbocycles. The van der Waals surface area contributed by atoms with E-state index in [4.69, 9.17) is 5.26 Å². The zero-order chi connectivity index (χ0) is 17.8. The third-order valence-electron chi connectivity index (χ3n) is 4.73. The summed E-state index contributed by atoms with van der Waals surface area (Å²) < 4.78 is 0. The first-order valence-electron chi connectivity index (χ1n) is 9.03. The predicted octanol–water partition coefficient (Wildman–Crippen LogP) is 0.531. The van der Waals surface area contributed by atoms with E-state index in [0.29, 0.717) is 6.54 Å². The van der Waals surface area contributed by atoms with Crippen molar-refractivity contribution in [2.45, 2.75) is 13.8 Å². The van der Waals surface area contributed by atoms with Crippen molar-refractivity contribution >= 4 is 20.1 Å². The van der Waals surface area contributed by atoms with Gasteiger partial charge < -0.3 is 14.6 Å². The Bertz CT molecular complexity index is 426. The standard InChI is InChI=1S/C17H34N5OP/c1-4-19-6-7-20(5-2)9-12-22(17-24(3)16-18)13-11-21(10-8-19)14-15-23/h15,24H,3-14,17H2,1-2H3. The minimum absolute atomic E-state index is 0.493. The largest absolute Gasteiger partial charge is 0.302 e. The molecule has 0 radical (unpaired) electrons. The molecule has 0 bridgehead atoms. The second-order valence-corrected chi connectivity index (χ2v) is 8.07. The van der Waals surface area contributed by atoms with Gasteiger partial charge in [0.05, 0.1) is 12.4 Å². The van der Waals surface area contributed by atoms with Crippen LogP contribution in [0.1, 0.15) is 13.8 Å². The summed E-state index contributed by atoms with van der Waals surface area (Å²) in [6, 6.07) is 0. The average Bonchev–Trinajstić information content (AvgIpc) is 2.59. The Labute approximate surface area is 148 Å². The van der Waals surface area contributed by atoms with E-state index >= 15 is 0 Å². The molecule has 1 saturated heterocycles. The van der Waals surface area contributed by atoms with E-state index in [-0.39, 0.29) is 0 Å². The van der Waals surface area contributed by atoms with Crippen molar-refractivity contribution in [2.75, 3.05) is 78.3 Å². The molecule has 0 amide bonds. The Morgan fingerprint density at radius 3 is 1.71 bits per heavy atom. The van der Waals surface area contributed by atoms with Crippen LogP contribution in [0.3, 0.4) is 0 Å². The molecule has 1 heterocycles. The molecule has 24 heavy (non-hydrogen) atoms. The van der Waals surface area contributed by atoms with Crippen molar-refractivity contribution in [1.29, 1.82) is 5.26 Å². The van der Waals surface area contributed by atoms with Gasteiger partial charge in [-0.1, -0.05) is 20.1 Å². The summed E-state index contributed by atoms with van der Waals surface area (Å²) >= 11 is 0. The quantitative estimate of drug-likeness (QED) is 0.512. The lowest BCUT2D eigenvalue weighted by Gasteiger charge is -2.33. The lowest BCUT2D eigenvalue weighted by atomic mass is 10.3. The van der Waals surface area contributed by atoms with Gasteiger partial charge in [-0.2, -0.15) is 5.26 Å². The average molecular weight is 355 g/mol. The van der Waals surface area contributed by atoms with E-state index in [0.717, 1.165) is 78.0 Å². The number of nitrogens with zero attached hydrogens (tertiary/aromatic N) is 5. The molecule has 6 nitrogen and oxygen atoms in total. The van der Waals surface area contributed by atoms with Crippen LogP contribution in [0.5, 0.6) is 0 Å². The summed E-state index contributed by atoms with van der Waals surface area (Å²) in [6.45, 7) is 14.9. The van der Waals surface area contributed by atoms with E-state index in [1.54, 1.807) is 0 Å². The van der Waals surface area contributed by atoms with E-state index in [2.05, 4.69) is 45.6 Å². The van der Waals surface area contributed by atoms with Crippen molar-refractivity contribution in [2.24, 2.45) is 0 Å². The molecule has 1 atom stereocenters. The first kappa shape index (κ1) is 21.3. The number of likely N-dealkylation sites (N-methyl/N-ethyl adjacent to an activating group) is 2. The summed E-state index contributed by atoms with van der Waals surface area (Å²) in [7, 11) is -1.19. The van der Waals surface area contributed by atoms with Gasteiger partial charge in [0, 0.05) is 58.6 Å². The molecule has 0 N–H and O–H groups in total. The topological polar surface area (TPSA) is 53.8 Å². The molecule has 0 spiro atoms. The molecule has 7 heteroatoms. The Morgan fingerprint density at radius 1 is 0.917 bits per heavy atom. The number of rotatable bonds is 6. The monoisotopic (exact) mass is 355 g/mol. The molecule has 1 unspecified atom stereocenters. The molecule has 1 fully saturated rings. The molecule has 0 aromatic rings. The highest BCUT2D eigenvalue weighted by Gasteiger charge is 2.15. The molecule has 138 valence electrons.